The number of rotatable bonds is 4. The molecule has 0 aliphatic heterocycles. The maximum Gasteiger partial charge on any atom is 0.414 e. The van der Waals surface area contributed by atoms with E-state index in [4.69, 9.17) is 9.84 Å². The Morgan fingerprint density at radius 3 is 2.50 bits per heavy atom. The minimum absolute atomic E-state index is 0.130. The number of para-hydroxylation sites is 1. The van der Waals surface area contributed by atoms with Gasteiger partial charge in [-0.2, -0.15) is 13.2 Å². The molecule has 0 aliphatic carbocycles. The summed E-state index contributed by atoms with van der Waals surface area (Å²) in [4.78, 5) is 0. The van der Waals surface area contributed by atoms with Crippen molar-refractivity contribution < 1.29 is 23.0 Å². The maximum atomic E-state index is 12.1. The molecule has 0 radical (unpaired) electrons. The second kappa shape index (κ2) is 5.21. The molecular formula is C11H13F3O2. The fraction of sp³-hybridized carbons (Fsp3) is 0.455. The van der Waals surface area contributed by atoms with Crippen LogP contribution in [0.3, 0.4) is 0 Å². The van der Waals surface area contributed by atoms with Gasteiger partial charge < -0.3 is 9.84 Å². The van der Waals surface area contributed by atoms with Crippen LogP contribution in [0.2, 0.25) is 0 Å². The molecule has 1 unspecified atom stereocenters. The molecule has 0 aromatic heterocycles. The Kier molecular flexibility index (Phi) is 4.18. The lowest BCUT2D eigenvalue weighted by Gasteiger charge is -2.15. The first-order chi connectivity index (χ1) is 7.45. The van der Waals surface area contributed by atoms with Crippen molar-refractivity contribution in [2.45, 2.75) is 25.1 Å². The summed E-state index contributed by atoms with van der Waals surface area (Å²) in [7, 11) is 1.46. The van der Waals surface area contributed by atoms with Crippen molar-refractivity contribution in [3.63, 3.8) is 0 Å². The summed E-state index contributed by atoms with van der Waals surface area (Å²) >= 11 is 0. The van der Waals surface area contributed by atoms with Gasteiger partial charge in [-0.25, -0.2) is 0 Å². The lowest BCUT2D eigenvalue weighted by atomic mass is 10.1. The van der Waals surface area contributed by atoms with E-state index in [1.807, 2.05) is 0 Å². The molecular weight excluding hydrogens is 221 g/mol. The Bertz CT molecular complexity index is 336. The normalized spacial score (nSPS) is 13.6. The Hall–Kier alpha value is -1.23. The average Bonchev–Trinajstić information content (AvgIpc) is 2.24. The van der Waals surface area contributed by atoms with Crippen LogP contribution in [0.25, 0.3) is 0 Å². The monoisotopic (exact) mass is 234 g/mol. The van der Waals surface area contributed by atoms with Crippen LogP contribution in [0, 0.1) is 0 Å². The molecule has 0 saturated carbocycles. The number of ether oxygens (including phenoxy) is 1. The molecule has 0 aliphatic rings. The number of methoxy groups -OCH3 is 1. The number of alkyl halides is 3. The highest BCUT2D eigenvalue weighted by atomic mass is 19.4. The molecule has 5 heteroatoms. The van der Waals surface area contributed by atoms with Crippen molar-refractivity contribution >= 4 is 0 Å². The van der Waals surface area contributed by atoms with Gasteiger partial charge in [0, 0.05) is 0 Å². The van der Waals surface area contributed by atoms with E-state index in [9.17, 15) is 13.2 Å². The summed E-state index contributed by atoms with van der Waals surface area (Å²) in [6, 6.07) is 6.82. The van der Waals surface area contributed by atoms with Gasteiger partial charge in [-0.15, -0.1) is 0 Å². The number of hydrogen-bond donors (Lipinski definition) is 1. The second-order valence-electron chi connectivity index (χ2n) is 3.41. The smallest absolute Gasteiger partial charge is 0.414 e. The number of aliphatic hydroxyl groups excluding tert-OH is 1. The molecule has 1 N–H and O–H groups in total. The lowest BCUT2D eigenvalue weighted by Crippen LogP contribution is -2.28. The quantitative estimate of drug-likeness (QED) is 0.867. The average molecular weight is 234 g/mol. The highest BCUT2D eigenvalue weighted by Gasteiger charge is 2.37. The highest BCUT2D eigenvalue weighted by molar-refractivity contribution is 5.33. The van der Waals surface area contributed by atoms with Crippen LogP contribution >= 0.6 is 0 Å². The van der Waals surface area contributed by atoms with Gasteiger partial charge in [-0.05, 0) is 24.5 Å². The Morgan fingerprint density at radius 2 is 1.94 bits per heavy atom. The van der Waals surface area contributed by atoms with Crippen LogP contribution in [-0.4, -0.2) is 24.5 Å². The SMILES string of the molecule is COc1ccccc1CCC(O)C(F)(F)F. The molecule has 1 rings (SSSR count). The molecule has 1 atom stereocenters. The second-order valence-corrected chi connectivity index (χ2v) is 3.41. The summed E-state index contributed by atoms with van der Waals surface area (Å²) < 4.78 is 41.2. The largest absolute Gasteiger partial charge is 0.496 e. The predicted molar refractivity (Wildman–Crippen MR) is 53.4 cm³/mol. The van der Waals surface area contributed by atoms with Crippen molar-refractivity contribution in [3.8, 4) is 5.75 Å². The van der Waals surface area contributed by atoms with Crippen molar-refractivity contribution in [2.75, 3.05) is 7.11 Å². The molecule has 0 fully saturated rings. The van der Waals surface area contributed by atoms with E-state index in [0.29, 0.717) is 11.3 Å². The third-order valence-electron chi connectivity index (χ3n) is 2.26. The Balaban J connectivity index is 2.61. The Labute approximate surface area is 91.7 Å². The zero-order valence-corrected chi connectivity index (χ0v) is 8.79. The molecule has 0 saturated heterocycles. The molecule has 0 amide bonds. The van der Waals surface area contributed by atoms with E-state index in [2.05, 4.69) is 0 Å². The van der Waals surface area contributed by atoms with Crippen molar-refractivity contribution in [1.29, 1.82) is 0 Å². The van der Waals surface area contributed by atoms with E-state index >= 15 is 0 Å². The van der Waals surface area contributed by atoms with E-state index in [0.717, 1.165) is 0 Å². The standard InChI is InChI=1S/C11H13F3O2/c1-16-9-5-3-2-4-8(9)6-7-10(15)11(12,13)14/h2-5,10,15H,6-7H2,1H3. The lowest BCUT2D eigenvalue weighted by molar-refractivity contribution is -0.205. The number of benzene rings is 1. The van der Waals surface area contributed by atoms with Crippen LogP contribution in [0.1, 0.15) is 12.0 Å². The molecule has 1 aromatic carbocycles. The summed E-state index contributed by atoms with van der Waals surface area (Å²) in [5.74, 6) is 0.539. The van der Waals surface area contributed by atoms with E-state index in [1.165, 1.54) is 7.11 Å². The first-order valence-corrected chi connectivity index (χ1v) is 4.82. The van der Waals surface area contributed by atoms with Crippen molar-refractivity contribution in [3.05, 3.63) is 29.8 Å². The first-order valence-electron chi connectivity index (χ1n) is 4.82. The van der Waals surface area contributed by atoms with Crippen LogP contribution in [0.5, 0.6) is 5.75 Å². The van der Waals surface area contributed by atoms with E-state index < -0.39 is 12.3 Å². The first kappa shape index (κ1) is 12.8. The fourth-order valence-electron chi connectivity index (χ4n) is 1.37. The number of hydrogen-bond acceptors (Lipinski definition) is 2. The molecule has 90 valence electrons. The van der Waals surface area contributed by atoms with Gasteiger partial charge in [0.05, 0.1) is 7.11 Å². The summed E-state index contributed by atoms with van der Waals surface area (Å²) in [5, 5.41) is 8.84. The van der Waals surface area contributed by atoms with Gasteiger partial charge in [-0.1, -0.05) is 18.2 Å². The van der Waals surface area contributed by atoms with E-state index in [-0.39, 0.29) is 12.8 Å². The molecule has 0 spiro atoms. The molecule has 16 heavy (non-hydrogen) atoms. The van der Waals surface area contributed by atoms with E-state index in [1.54, 1.807) is 24.3 Å². The van der Waals surface area contributed by atoms with Crippen LogP contribution in [-0.2, 0) is 6.42 Å². The minimum atomic E-state index is -4.55. The van der Waals surface area contributed by atoms with Gasteiger partial charge in [0.25, 0.3) is 0 Å². The molecule has 0 bridgehead atoms. The summed E-state index contributed by atoms with van der Waals surface area (Å²) in [6.07, 6.45) is -7.06. The van der Waals surface area contributed by atoms with Gasteiger partial charge in [0.15, 0.2) is 0 Å². The topological polar surface area (TPSA) is 29.5 Å². The number of aliphatic hydroxyl groups is 1. The third-order valence-corrected chi connectivity index (χ3v) is 2.26. The maximum absolute atomic E-state index is 12.1. The minimum Gasteiger partial charge on any atom is -0.496 e. The molecule has 1 aromatic rings. The van der Waals surface area contributed by atoms with Gasteiger partial charge >= 0.3 is 6.18 Å². The van der Waals surface area contributed by atoms with Gasteiger partial charge in [0.2, 0.25) is 0 Å². The van der Waals surface area contributed by atoms with Crippen molar-refractivity contribution in [2.24, 2.45) is 0 Å². The third kappa shape index (κ3) is 3.41. The van der Waals surface area contributed by atoms with Crippen molar-refractivity contribution in [1.82, 2.24) is 0 Å². The summed E-state index contributed by atoms with van der Waals surface area (Å²) in [6.45, 7) is 0. The number of halogens is 3. The zero-order chi connectivity index (χ0) is 12.2. The fourth-order valence-corrected chi connectivity index (χ4v) is 1.37. The number of aryl methyl sites for hydroxylation is 1. The van der Waals surface area contributed by atoms with Crippen LogP contribution < -0.4 is 4.74 Å². The molecule has 2 nitrogen and oxygen atoms in total. The van der Waals surface area contributed by atoms with Crippen LogP contribution in [0.4, 0.5) is 13.2 Å². The van der Waals surface area contributed by atoms with Gasteiger partial charge in [-0.3, -0.25) is 0 Å². The highest BCUT2D eigenvalue weighted by Crippen LogP contribution is 2.25. The Morgan fingerprint density at radius 1 is 1.31 bits per heavy atom. The zero-order valence-electron chi connectivity index (χ0n) is 8.79. The summed E-state index contributed by atoms with van der Waals surface area (Å²) in [5.41, 5.74) is 0.660. The predicted octanol–water partition coefficient (Wildman–Crippen LogP) is 2.55. The van der Waals surface area contributed by atoms with Crippen LogP contribution in [0.15, 0.2) is 24.3 Å². The molecule has 0 heterocycles. The van der Waals surface area contributed by atoms with Gasteiger partial charge in [0.1, 0.15) is 11.9 Å².